The first-order valence-electron chi connectivity index (χ1n) is 3.37. The van der Waals surface area contributed by atoms with Crippen molar-refractivity contribution in [2.75, 3.05) is 0 Å². The molecule has 2 aromatic heterocycles. The van der Waals surface area contributed by atoms with Crippen LogP contribution in [0.15, 0.2) is 21.8 Å². The highest BCUT2D eigenvalue weighted by atomic mass is 79.9. The van der Waals surface area contributed by atoms with E-state index in [1.54, 1.807) is 0 Å². The highest BCUT2D eigenvalue weighted by Gasteiger charge is 2.07. The highest BCUT2D eigenvalue weighted by Crippen LogP contribution is 2.22. The fourth-order valence-corrected chi connectivity index (χ4v) is 1.68. The number of pyridine rings is 1. The normalized spacial score (nSPS) is 10.6. The van der Waals surface area contributed by atoms with Gasteiger partial charge in [0.2, 0.25) is 0 Å². The number of hydrogen-bond acceptors (Lipinski definition) is 3. The van der Waals surface area contributed by atoms with Gasteiger partial charge in [-0.2, -0.15) is 0 Å². The van der Waals surface area contributed by atoms with E-state index in [9.17, 15) is 4.79 Å². The van der Waals surface area contributed by atoms with Crippen LogP contribution < -0.4 is 5.56 Å². The van der Waals surface area contributed by atoms with Crippen molar-refractivity contribution in [1.82, 2.24) is 15.0 Å². The molecule has 2 aromatic rings. The predicted octanol–water partition coefficient (Wildman–Crippen LogP) is 1.73. The Hall–Kier alpha value is -0.940. The van der Waals surface area contributed by atoms with Gasteiger partial charge >= 0.3 is 0 Å². The van der Waals surface area contributed by atoms with Gasteiger partial charge in [-0.1, -0.05) is 11.6 Å². The third-order valence-electron chi connectivity index (χ3n) is 1.58. The van der Waals surface area contributed by atoms with E-state index in [0.29, 0.717) is 15.4 Å². The van der Waals surface area contributed by atoms with E-state index in [4.69, 9.17) is 11.6 Å². The first-order chi connectivity index (χ1) is 6.20. The molecule has 0 aliphatic rings. The second-order valence-electron chi connectivity index (χ2n) is 2.35. The van der Waals surface area contributed by atoms with Crippen LogP contribution in [0.1, 0.15) is 0 Å². The van der Waals surface area contributed by atoms with Gasteiger partial charge in [0.05, 0.1) is 16.2 Å². The summed E-state index contributed by atoms with van der Waals surface area (Å²) in [5, 5.41) is 0.645. The van der Waals surface area contributed by atoms with Crippen LogP contribution >= 0.6 is 27.5 Å². The summed E-state index contributed by atoms with van der Waals surface area (Å²) in [4.78, 5) is 21.6. The second-order valence-corrected chi connectivity index (χ2v) is 3.56. The molecule has 2 rings (SSSR count). The van der Waals surface area contributed by atoms with Crippen LogP contribution in [-0.4, -0.2) is 15.0 Å². The lowest BCUT2D eigenvalue weighted by Crippen LogP contribution is -2.07. The molecular weight excluding hydrogens is 257 g/mol. The molecule has 0 unspecified atom stereocenters. The summed E-state index contributed by atoms with van der Waals surface area (Å²) >= 11 is 8.95. The third-order valence-corrected chi connectivity index (χ3v) is 2.46. The van der Waals surface area contributed by atoms with Crippen molar-refractivity contribution in [3.8, 4) is 0 Å². The highest BCUT2D eigenvalue weighted by molar-refractivity contribution is 9.10. The van der Waals surface area contributed by atoms with E-state index in [0.717, 1.165) is 0 Å². The number of H-pyrrole nitrogens is 1. The van der Waals surface area contributed by atoms with Crippen molar-refractivity contribution < 1.29 is 0 Å². The SMILES string of the molecule is O=c1[nH]cnc2c(Cl)ncc(Br)c12. The van der Waals surface area contributed by atoms with E-state index in [2.05, 4.69) is 30.9 Å². The van der Waals surface area contributed by atoms with Crippen molar-refractivity contribution in [1.29, 1.82) is 0 Å². The average molecular weight is 260 g/mol. The fourth-order valence-electron chi connectivity index (χ4n) is 1.02. The van der Waals surface area contributed by atoms with Crippen molar-refractivity contribution in [3.63, 3.8) is 0 Å². The molecule has 6 heteroatoms. The van der Waals surface area contributed by atoms with Crippen molar-refractivity contribution in [2.45, 2.75) is 0 Å². The fraction of sp³-hybridized carbons (Fsp3) is 0. The van der Waals surface area contributed by atoms with Gasteiger partial charge in [-0.05, 0) is 15.9 Å². The molecule has 0 amide bonds. The zero-order valence-corrected chi connectivity index (χ0v) is 8.56. The number of aromatic nitrogens is 3. The molecule has 0 aliphatic carbocycles. The first-order valence-corrected chi connectivity index (χ1v) is 4.54. The van der Waals surface area contributed by atoms with Crippen LogP contribution in [0.4, 0.5) is 0 Å². The Balaban J connectivity index is 3.09. The largest absolute Gasteiger partial charge is 0.313 e. The number of halogens is 2. The molecule has 0 aromatic carbocycles. The van der Waals surface area contributed by atoms with Gasteiger partial charge in [0.1, 0.15) is 5.52 Å². The molecule has 4 nitrogen and oxygen atoms in total. The van der Waals surface area contributed by atoms with Crippen LogP contribution in [0.25, 0.3) is 10.9 Å². The van der Waals surface area contributed by atoms with Gasteiger partial charge in [0.25, 0.3) is 5.56 Å². The lowest BCUT2D eigenvalue weighted by atomic mass is 10.3. The van der Waals surface area contributed by atoms with Gasteiger partial charge in [-0.25, -0.2) is 9.97 Å². The van der Waals surface area contributed by atoms with Crippen LogP contribution in [0.3, 0.4) is 0 Å². The van der Waals surface area contributed by atoms with Crippen LogP contribution in [0.2, 0.25) is 5.15 Å². The second kappa shape index (κ2) is 3.08. The summed E-state index contributed by atoms with van der Waals surface area (Å²) in [5.41, 5.74) is 0.168. The van der Waals surface area contributed by atoms with E-state index < -0.39 is 0 Å². The zero-order chi connectivity index (χ0) is 9.42. The minimum absolute atomic E-state index is 0.226. The third kappa shape index (κ3) is 1.34. The maximum absolute atomic E-state index is 11.3. The summed E-state index contributed by atoms with van der Waals surface area (Å²) < 4.78 is 0.584. The number of rotatable bonds is 0. The topological polar surface area (TPSA) is 58.6 Å². The molecule has 2 heterocycles. The molecule has 0 atom stereocenters. The lowest BCUT2D eigenvalue weighted by molar-refractivity contribution is 1.15. The Labute approximate surface area is 86.1 Å². The molecule has 1 N–H and O–H groups in total. The Morgan fingerprint density at radius 1 is 1.46 bits per heavy atom. The minimum Gasteiger partial charge on any atom is -0.313 e. The van der Waals surface area contributed by atoms with Gasteiger partial charge in [-0.15, -0.1) is 0 Å². The van der Waals surface area contributed by atoms with E-state index in [1.807, 2.05) is 0 Å². The number of fused-ring (bicyclic) bond motifs is 1. The van der Waals surface area contributed by atoms with Gasteiger partial charge in [0, 0.05) is 6.20 Å². The minimum atomic E-state index is -0.235. The summed E-state index contributed by atoms with van der Waals surface area (Å²) in [6.07, 6.45) is 2.77. The standard InChI is InChI=1S/C7H3BrClN3O/c8-3-1-10-6(9)5-4(3)7(13)12-2-11-5/h1-2H,(H,11,12,13). The maximum Gasteiger partial charge on any atom is 0.259 e. The molecule has 0 saturated heterocycles. The Morgan fingerprint density at radius 2 is 2.23 bits per heavy atom. The molecular formula is C7H3BrClN3O. The molecule has 0 bridgehead atoms. The van der Waals surface area contributed by atoms with E-state index >= 15 is 0 Å². The zero-order valence-electron chi connectivity index (χ0n) is 6.21. The van der Waals surface area contributed by atoms with Gasteiger partial charge in [-0.3, -0.25) is 4.79 Å². The molecule has 0 saturated carbocycles. The van der Waals surface area contributed by atoms with Gasteiger partial charge < -0.3 is 4.98 Å². The molecule has 66 valence electrons. The van der Waals surface area contributed by atoms with Gasteiger partial charge in [0.15, 0.2) is 5.15 Å². The summed E-state index contributed by atoms with van der Waals surface area (Å²) in [5.74, 6) is 0. The summed E-state index contributed by atoms with van der Waals surface area (Å²) in [7, 11) is 0. The van der Waals surface area contributed by atoms with Crippen molar-refractivity contribution in [3.05, 3.63) is 32.5 Å². The summed E-state index contributed by atoms with van der Waals surface area (Å²) in [6.45, 7) is 0. The van der Waals surface area contributed by atoms with E-state index in [1.165, 1.54) is 12.5 Å². The molecule has 0 fully saturated rings. The van der Waals surface area contributed by atoms with E-state index in [-0.39, 0.29) is 10.7 Å². The molecule has 0 aliphatic heterocycles. The number of hydrogen-bond donors (Lipinski definition) is 1. The maximum atomic E-state index is 11.3. The molecule has 0 spiro atoms. The number of aromatic amines is 1. The van der Waals surface area contributed by atoms with Crippen molar-refractivity contribution in [2.24, 2.45) is 0 Å². The Bertz CT molecular complexity index is 525. The Kier molecular flexibility index (Phi) is 2.05. The van der Waals surface area contributed by atoms with Crippen LogP contribution in [0.5, 0.6) is 0 Å². The first kappa shape index (κ1) is 8.65. The molecule has 13 heavy (non-hydrogen) atoms. The average Bonchev–Trinajstić information content (AvgIpc) is 2.12. The lowest BCUT2D eigenvalue weighted by Gasteiger charge is -1.98. The van der Waals surface area contributed by atoms with Crippen LogP contribution in [-0.2, 0) is 0 Å². The van der Waals surface area contributed by atoms with Crippen LogP contribution in [0, 0.1) is 0 Å². The summed E-state index contributed by atoms with van der Waals surface area (Å²) in [6, 6.07) is 0. The quantitative estimate of drug-likeness (QED) is 0.734. The molecule has 0 radical (unpaired) electrons. The smallest absolute Gasteiger partial charge is 0.259 e. The predicted molar refractivity (Wildman–Crippen MR) is 52.9 cm³/mol. The van der Waals surface area contributed by atoms with Crippen molar-refractivity contribution >= 4 is 38.4 Å². The number of nitrogens with one attached hydrogen (secondary N) is 1. The Morgan fingerprint density at radius 3 is 2.92 bits per heavy atom. The monoisotopic (exact) mass is 259 g/mol. The number of nitrogens with zero attached hydrogens (tertiary/aromatic N) is 2.